The van der Waals surface area contributed by atoms with Gasteiger partial charge in [-0.2, -0.15) is 0 Å². The lowest BCUT2D eigenvalue weighted by Crippen LogP contribution is -2.25. The van der Waals surface area contributed by atoms with Crippen molar-refractivity contribution in [3.63, 3.8) is 0 Å². The Kier molecular flexibility index (Phi) is 2.88. The zero-order valence-electron chi connectivity index (χ0n) is 8.35. The third kappa shape index (κ3) is 2.04. The molecule has 1 aliphatic heterocycles. The molecule has 0 N–H and O–H groups in total. The summed E-state index contributed by atoms with van der Waals surface area (Å²) in [7, 11) is 0. The Hall–Kier alpha value is -2.27. The topological polar surface area (TPSA) is 91.2 Å². The van der Waals surface area contributed by atoms with Gasteiger partial charge >= 0.3 is 6.09 Å². The number of pyridine rings is 1. The van der Waals surface area contributed by atoms with E-state index in [0.29, 0.717) is 12.2 Å². The van der Waals surface area contributed by atoms with E-state index in [4.69, 9.17) is 10.3 Å². The number of anilines is 1. The average molecular weight is 219 g/mol. The summed E-state index contributed by atoms with van der Waals surface area (Å²) in [6.45, 7) is 0.530. The second-order valence-electron chi connectivity index (χ2n) is 3.24. The van der Waals surface area contributed by atoms with Crippen LogP contribution in [0.4, 0.5) is 10.5 Å². The lowest BCUT2D eigenvalue weighted by atomic mass is 10.3. The molecular weight excluding hydrogens is 210 g/mol. The fourth-order valence-electron chi connectivity index (χ4n) is 1.47. The van der Waals surface area contributed by atoms with Crippen LogP contribution in [-0.2, 0) is 4.74 Å². The number of hydrogen-bond donors (Lipinski definition) is 0. The predicted molar refractivity (Wildman–Crippen MR) is 55.9 cm³/mol. The number of carbonyl (C=O) groups excluding carboxylic acids is 1. The molecule has 0 spiro atoms. The van der Waals surface area contributed by atoms with E-state index < -0.39 is 6.09 Å². The normalized spacial score (nSPS) is 19.1. The third-order valence-corrected chi connectivity index (χ3v) is 2.18. The number of amides is 1. The molecule has 1 aromatic heterocycles. The van der Waals surface area contributed by atoms with Crippen molar-refractivity contribution >= 4 is 11.8 Å². The number of cyclic esters (lactones) is 1. The van der Waals surface area contributed by atoms with Gasteiger partial charge in [0.25, 0.3) is 0 Å². The quantitative estimate of drug-likeness (QED) is 0.440. The van der Waals surface area contributed by atoms with Gasteiger partial charge in [0, 0.05) is 11.1 Å². The molecule has 16 heavy (non-hydrogen) atoms. The van der Waals surface area contributed by atoms with Gasteiger partial charge in [-0.05, 0) is 17.7 Å². The molecule has 0 saturated carbocycles. The number of carbonyl (C=O) groups is 1. The van der Waals surface area contributed by atoms with Crippen LogP contribution in [0.25, 0.3) is 10.4 Å². The molecule has 2 heterocycles. The first-order valence-electron chi connectivity index (χ1n) is 4.70. The highest BCUT2D eigenvalue weighted by Crippen LogP contribution is 2.20. The predicted octanol–water partition coefficient (Wildman–Crippen LogP) is 1.72. The molecule has 0 aromatic carbocycles. The summed E-state index contributed by atoms with van der Waals surface area (Å²) in [5.74, 6) is 0. The maximum absolute atomic E-state index is 11.5. The number of aromatic nitrogens is 1. The largest absolute Gasteiger partial charge is 0.444 e. The fraction of sp³-hybridized carbons (Fsp3) is 0.333. The second-order valence-corrected chi connectivity index (χ2v) is 3.24. The van der Waals surface area contributed by atoms with Crippen molar-refractivity contribution in [3.8, 4) is 0 Å². The van der Waals surface area contributed by atoms with Gasteiger partial charge in [0.2, 0.25) is 0 Å². The van der Waals surface area contributed by atoms with E-state index in [0.717, 1.165) is 0 Å². The summed E-state index contributed by atoms with van der Waals surface area (Å²) in [4.78, 5) is 19.5. The maximum Gasteiger partial charge on any atom is 0.414 e. The molecule has 7 heteroatoms. The van der Waals surface area contributed by atoms with Crippen molar-refractivity contribution in [1.82, 2.24) is 4.98 Å². The van der Waals surface area contributed by atoms with Crippen LogP contribution in [0.15, 0.2) is 29.6 Å². The summed E-state index contributed by atoms with van der Waals surface area (Å²) in [5.41, 5.74) is 8.85. The molecule has 1 saturated heterocycles. The summed E-state index contributed by atoms with van der Waals surface area (Å²) in [5, 5.41) is 3.38. The van der Waals surface area contributed by atoms with Crippen molar-refractivity contribution in [2.45, 2.75) is 6.10 Å². The molecule has 1 aliphatic rings. The van der Waals surface area contributed by atoms with E-state index in [2.05, 4.69) is 15.0 Å². The SMILES string of the molecule is [N-]=[N+]=NC[C@H]1CN(c2cccnc2)C(=O)O1. The van der Waals surface area contributed by atoms with Crippen LogP contribution < -0.4 is 4.90 Å². The van der Waals surface area contributed by atoms with E-state index in [-0.39, 0.29) is 12.6 Å². The minimum Gasteiger partial charge on any atom is -0.444 e. The van der Waals surface area contributed by atoms with E-state index in [1.54, 1.807) is 24.5 Å². The van der Waals surface area contributed by atoms with Crippen LogP contribution in [0, 0.1) is 0 Å². The van der Waals surface area contributed by atoms with Gasteiger partial charge < -0.3 is 4.74 Å². The summed E-state index contributed by atoms with van der Waals surface area (Å²) < 4.78 is 5.02. The first-order valence-corrected chi connectivity index (χ1v) is 4.70. The molecule has 0 bridgehead atoms. The third-order valence-electron chi connectivity index (χ3n) is 2.18. The van der Waals surface area contributed by atoms with Crippen LogP contribution in [-0.4, -0.2) is 30.3 Å². The summed E-state index contributed by atoms with van der Waals surface area (Å²) in [6.07, 6.45) is 2.38. The standard InChI is InChI=1S/C9H9N5O2/c10-13-12-5-8-6-14(9(15)16-8)7-2-1-3-11-4-7/h1-4,8H,5-6H2/t8-/m0/s1. The Balaban J connectivity index is 2.08. The van der Waals surface area contributed by atoms with Crippen molar-refractivity contribution in [2.75, 3.05) is 18.0 Å². The number of ether oxygens (including phenoxy) is 1. The Bertz CT molecular complexity index is 429. The maximum atomic E-state index is 11.5. The molecule has 0 unspecified atom stereocenters. The van der Waals surface area contributed by atoms with Gasteiger partial charge in [-0.1, -0.05) is 5.11 Å². The van der Waals surface area contributed by atoms with E-state index >= 15 is 0 Å². The fourth-order valence-corrected chi connectivity index (χ4v) is 1.47. The van der Waals surface area contributed by atoms with Crippen LogP contribution >= 0.6 is 0 Å². The first kappa shape index (κ1) is 10.3. The number of rotatable bonds is 3. The van der Waals surface area contributed by atoms with Crippen LogP contribution in [0.2, 0.25) is 0 Å². The van der Waals surface area contributed by atoms with Gasteiger partial charge in [0.05, 0.1) is 25.0 Å². The van der Waals surface area contributed by atoms with E-state index in [1.165, 1.54) is 4.90 Å². The Morgan fingerprint density at radius 3 is 3.31 bits per heavy atom. The van der Waals surface area contributed by atoms with Gasteiger partial charge in [-0.3, -0.25) is 9.88 Å². The molecule has 2 rings (SSSR count). The zero-order chi connectivity index (χ0) is 11.4. The lowest BCUT2D eigenvalue weighted by Gasteiger charge is -2.11. The molecule has 1 aromatic rings. The highest BCUT2D eigenvalue weighted by Gasteiger charge is 2.31. The monoisotopic (exact) mass is 219 g/mol. The minimum absolute atomic E-state index is 0.152. The highest BCUT2D eigenvalue weighted by atomic mass is 16.6. The number of azide groups is 1. The number of nitrogens with zero attached hydrogens (tertiary/aromatic N) is 5. The molecule has 1 fully saturated rings. The molecular formula is C9H9N5O2. The van der Waals surface area contributed by atoms with Crippen LogP contribution in [0.3, 0.4) is 0 Å². The lowest BCUT2D eigenvalue weighted by molar-refractivity contribution is 0.145. The Morgan fingerprint density at radius 2 is 2.62 bits per heavy atom. The van der Waals surface area contributed by atoms with Crippen molar-refractivity contribution < 1.29 is 9.53 Å². The van der Waals surface area contributed by atoms with Gasteiger partial charge in [-0.25, -0.2) is 4.79 Å². The van der Waals surface area contributed by atoms with Crippen LogP contribution in [0.5, 0.6) is 0 Å². The van der Waals surface area contributed by atoms with Crippen LogP contribution in [0.1, 0.15) is 0 Å². The van der Waals surface area contributed by atoms with Gasteiger partial charge in [-0.15, -0.1) is 0 Å². The van der Waals surface area contributed by atoms with Gasteiger partial charge in [0.1, 0.15) is 6.10 Å². The minimum atomic E-state index is -0.439. The van der Waals surface area contributed by atoms with Gasteiger partial charge in [0.15, 0.2) is 0 Å². The first-order chi connectivity index (χ1) is 7.81. The molecule has 1 atom stereocenters. The number of hydrogen-bond acceptors (Lipinski definition) is 4. The van der Waals surface area contributed by atoms with Crippen molar-refractivity contribution in [1.29, 1.82) is 0 Å². The van der Waals surface area contributed by atoms with E-state index in [1.807, 2.05) is 0 Å². The Morgan fingerprint density at radius 1 is 1.75 bits per heavy atom. The molecule has 0 radical (unpaired) electrons. The Labute approximate surface area is 91.3 Å². The molecule has 82 valence electrons. The second kappa shape index (κ2) is 4.50. The van der Waals surface area contributed by atoms with Crippen molar-refractivity contribution in [2.24, 2.45) is 5.11 Å². The van der Waals surface area contributed by atoms with Crippen molar-refractivity contribution in [3.05, 3.63) is 35.0 Å². The summed E-state index contributed by atoms with van der Waals surface area (Å²) in [6, 6.07) is 3.51. The highest BCUT2D eigenvalue weighted by molar-refractivity contribution is 5.89. The van der Waals surface area contributed by atoms with E-state index in [9.17, 15) is 4.79 Å². The molecule has 0 aliphatic carbocycles. The molecule has 7 nitrogen and oxygen atoms in total. The summed E-state index contributed by atoms with van der Waals surface area (Å²) >= 11 is 0. The molecule has 1 amide bonds. The average Bonchev–Trinajstić information content (AvgIpc) is 2.69. The zero-order valence-corrected chi connectivity index (χ0v) is 8.35. The smallest absolute Gasteiger partial charge is 0.414 e.